The van der Waals surface area contributed by atoms with Gasteiger partial charge in [0.2, 0.25) is 5.91 Å². The van der Waals surface area contributed by atoms with Crippen molar-refractivity contribution in [3.05, 3.63) is 23.8 Å². The number of benzene rings is 1. The zero-order chi connectivity index (χ0) is 13.7. The molecule has 0 bridgehead atoms. The molecule has 5 heteroatoms. The fourth-order valence-electron chi connectivity index (χ4n) is 1.95. The zero-order valence-electron chi connectivity index (χ0n) is 11.1. The standard InChI is InChI=1S/C14H20N2O3/c1-10-2-3-11(15)8-13(10)16-14(17)5-7-19-12-4-6-18-9-12/h2-3,8,12H,4-7,9,15H2,1H3,(H,16,17). The molecule has 5 nitrogen and oxygen atoms in total. The number of ether oxygens (including phenoxy) is 2. The van der Waals surface area contributed by atoms with Gasteiger partial charge in [-0.05, 0) is 31.0 Å². The van der Waals surface area contributed by atoms with Crippen LogP contribution in [0.25, 0.3) is 0 Å². The molecule has 1 aliphatic rings. The van der Waals surface area contributed by atoms with Gasteiger partial charge in [0.25, 0.3) is 0 Å². The fourth-order valence-corrected chi connectivity index (χ4v) is 1.95. The van der Waals surface area contributed by atoms with Crippen LogP contribution in [-0.4, -0.2) is 31.8 Å². The molecule has 0 spiro atoms. The van der Waals surface area contributed by atoms with Gasteiger partial charge in [-0.2, -0.15) is 0 Å². The molecule has 104 valence electrons. The van der Waals surface area contributed by atoms with Gasteiger partial charge in [-0.3, -0.25) is 4.79 Å². The van der Waals surface area contributed by atoms with Crippen molar-refractivity contribution < 1.29 is 14.3 Å². The maximum absolute atomic E-state index is 11.8. The molecule has 1 saturated heterocycles. The Morgan fingerprint density at radius 1 is 1.58 bits per heavy atom. The average Bonchev–Trinajstić information content (AvgIpc) is 2.87. The average molecular weight is 264 g/mol. The van der Waals surface area contributed by atoms with Crippen LogP contribution in [0.5, 0.6) is 0 Å². The van der Waals surface area contributed by atoms with Crippen molar-refractivity contribution in [1.29, 1.82) is 0 Å². The molecular formula is C14H20N2O3. The van der Waals surface area contributed by atoms with Crippen LogP contribution in [0, 0.1) is 6.92 Å². The van der Waals surface area contributed by atoms with Crippen LogP contribution < -0.4 is 11.1 Å². The molecule has 1 atom stereocenters. The van der Waals surface area contributed by atoms with Crippen LogP contribution in [0.15, 0.2) is 18.2 Å². The van der Waals surface area contributed by atoms with Crippen molar-refractivity contribution in [2.24, 2.45) is 0 Å². The summed E-state index contributed by atoms with van der Waals surface area (Å²) < 4.78 is 10.8. The summed E-state index contributed by atoms with van der Waals surface area (Å²) in [4.78, 5) is 11.8. The number of carbonyl (C=O) groups is 1. The summed E-state index contributed by atoms with van der Waals surface area (Å²) in [6.07, 6.45) is 1.39. The molecule has 1 amide bonds. The molecule has 1 unspecified atom stereocenters. The lowest BCUT2D eigenvalue weighted by molar-refractivity contribution is -0.117. The summed E-state index contributed by atoms with van der Waals surface area (Å²) in [6, 6.07) is 5.46. The Balaban J connectivity index is 1.75. The van der Waals surface area contributed by atoms with Crippen LogP contribution in [-0.2, 0) is 14.3 Å². The Morgan fingerprint density at radius 2 is 2.42 bits per heavy atom. The van der Waals surface area contributed by atoms with Gasteiger partial charge in [-0.15, -0.1) is 0 Å². The summed E-state index contributed by atoms with van der Waals surface area (Å²) in [6.45, 7) is 3.73. The Kier molecular flexibility index (Phi) is 4.76. The molecule has 19 heavy (non-hydrogen) atoms. The summed E-state index contributed by atoms with van der Waals surface area (Å²) in [7, 11) is 0. The molecule has 1 aromatic carbocycles. The van der Waals surface area contributed by atoms with Crippen LogP contribution >= 0.6 is 0 Å². The van der Waals surface area contributed by atoms with Crippen LogP contribution in [0.4, 0.5) is 11.4 Å². The SMILES string of the molecule is Cc1ccc(N)cc1NC(=O)CCOC1CCOC1. The largest absolute Gasteiger partial charge is 0.399 e. The van der Waals surface area contributed by atoms with Crippen molar-refractivity contribution in [2.45, 2.75) is 25.9 Å². The predicted octanol–water partition coefficient (Wildman–Crippen LogP) is 1.71. The lowest BCUT2D eigenvalue weighted by atomic mass is 10.2. The van der Waals surface area contributed by atoms with E-state index in [2.05, 4.69) is 5.32 Å². The van der Waals surface area contributed by atoms with E-state index in [-0.39, 0.29) is 12.0 Å². The van der Waals surface area contributed by atoms with Gasteiger partial charge in [0.1, 0.15) is 0 Å². The third-order valence-corrected chi connectivity index (χ3v) is 3.11. The number of carbonyl (C=O) groups excluding carboxylic acids is 1. The molecule has 1 aliphatic heterocycles. The van der Waals surface area contributed by atoms with Gasteiger partial charge in [-0.25, -0.2) is 0 Å². The topological polar surface area (TPSA) is 73.6 Å². The number of amides is 1. The van der Waals surface area contributed by atoms with Gasteiger partial charge >= 0.3 is 0 Å². The van der Waals surface area contributed by atoms with Crippen LogP contribution in [0.1, 0.15) is 18.4 Å². The van der Waals surface area contributed by atoms with Crippen molar-refractivity contribution in [3.63, 3.8) is 0 Å². The Morgan fingerprint density at radius 3 is 3.16 bits per heavy atom. The molecular weight excluding hydrogens is 244 g/mol. The van der Waals surface area contributed by atoms with E-state index in [0.717, 1.165) is 24.3 Å². The first-order valence-electron chi connectivity index (χ1n) is 6.50. The first-order valence-corrected chi connectivity index (χ1v) is 6.50. The highest BCUT2D eigenvalue weighted by molar-refractivity contribution is 5.92. The lowest BCUT2D eigenvalue weighted by Crippen LogP contribution is -2.19. The van der Waals surface area contributed by atoms with Crippen molar-refractivity contribution in [2.75, 3.05) is 30.9 Å². The van der Waals surface area contributed by atoms with E-state index in [1.807, 2.05) is 19.1 Å². The second-order valence-electron chi connectivity index (χ2n) is 4.73. The van der Waals surface area contributed by atoms with E-state index in [0.29, 0.717) is 25.3 Å². The number of hydrogen-bond acceptors (Lipinski definition) is 4. The smallest absolute Gasteiger partial charge is 0.226 e. The molecule has 0 radical (unpaired) electrons. The Hall–Kier alpha value is -1.59. The van der Waals surface area contributed by atoms with Gasteiger partial charge in [0.05, 0.1) is 25.7 Å². The van der Waals surface area contributed by atoms with Crippen LogP contribution in [0.3, 0.4) is 0 Å². The molecule has 2 rings (SSSR count). The minimum Gasteiger partial charge on any atom is -0.399 e. The third-order valence-electron chi connectivity index (χ3n) is 3.11. The van der Waals surface area contributed by atoms with Crippen LogP contribution in [0.2, 0.25) is 0 Å². The number of hydrogen-bond donors (Lipinski definition) is 2. The number of nitrogens with two attached hydrogens (primary N) is 1. The first kappa shape index (κ1) is 13.8. The monoisotopic (exact) mass is 264 g/mol. The second-order valence-corrected chi connectivity index (χ2v) is 4.73. The maximum atomic E-state index is 11.8. The normalized spacial score (nSPS) is 18.5. The molecule has 1 fully saturated rings. The molecule has 0 saturated carbocycles. The molecule has 0 aliphatic carbocycles. The Labute approximate surface area is 113 Å². The quantitative estimate of drug-likeness (QED) is 0.794. The number of nitrogen functional groups attached to an aromatic ring is 1. The molecule has 1 aromatic rings. The van der Waals surface area contributed by atoms with E-state index in [9.17, 15) is 4.79 Å². The number of nitrogens with one attached hydrogen (secondary N) is 1. The van der Waals surface area contributed by atoms with Gasteiger partial charge in [-0.1, -0.05) is 6.07 Å². The van der Waals surface area contributed by atoms with E-state index < -0.39 is 0 Å². The van der Waals surface area contributed by atoms with E-state index in [1.54, 1.807) is 6.07 Å². The van der Waals surface area contributed by atoms with Crippen molar-refractivity contribution in [3.8, 4) is 0 Å². The third kappa shape index (κ3) is 4.22. The van der Waals surface area contributed by atoms with E-state index in [1.165, 1.54) is 0 Å². The van der Waals surface area contributed by atoms with Crippen molar-refractivity contribution in [1.82, 2.24) is 0 Å². The van der Waals surface area contributed by atoms with E-state index >= 15 is 0 Å². The second kappa shape index (κ2) is 6.54. The van der Waals surface area contributed by atoms with Crippen molar-refractivity contribution >= 4 is 17.3 Å². The Bertz CT molecular complexity index is 442. The fraction of sp³-hybridized carbons (Fsp3) is 0.500. The highest BCUT2D eigenvalue weighted by Gasteiger charge is 2.16. The zero-order valence-corrected chi connectivity index (χ0v) is 11.1. The minimum atomic E-state index is -0.0624. The molecule has 1 heterocycles. The first-order chi connectivity index (χ1) is 9.15. The number of anilines is 2. The summed E-state index contributed by atoms with van der Waals surface area (Å²) in [5.41, 5.74) is 8.09. The molecule has 3 N–H and O–H groups in total. The maximum Gasteiger partial charge on any atom is 0.226 e. The summed E-state index contributed by atoms with van der Waals surface area (Å²) in [5.74, 6) is -0.0624. The van der Waals surface area contributed by atoms with Gasteiger partial charge in [0, 0.05) is 18.0 Å². The lowest BCUT2D eigenvalue weighted by Gasteiger charge is -2.11. The predicted molar refractivity (Wildman–Crippen MR) is 74.0 cm³/mol. The number of rotatable bonds is 5. The highest BCUT2D eigenvalue weighted by atomic mass is 16.5. The van der Waals surface area contributed by atoms with E-state index in [4.69, 9.17) is 15.2 Å². The summed E-state index contributed by atoms with van der Waals surface area (Å²) in [5, 5.41) is 2.85. The van der Waals surface area contributed by atoms with Gasteiger partial charge in [0.15, 0.2) is 0 Å². The van der Waals surface area contributed by atoms with Gasteiger partial charge < -0.3 is 20.5 Å². The highest BCUT2D eigenvalue weighted by Crippen LogP contribution is 2.18. The minimum absolute atomic E-state index is 0.0624. The number of aryl methyl sites for hydroxylation is 1. The summed E-state index contributed by atoms with van der Waals surface area (Å²) >= 11 is 0. The molecule has 0 aromatic heterocycles.